The summed E-state index contributed by atoms with van der Waals surface area (Å²) >= 11 is 0. The molecule has 2 nitrogen and oxygen atoms in total. The van der Waals surface area contributed by atoms with Crippen molar-refractivity contribution in [3.63, 3.8) is 0 Å². The highest BCUT2D eigenvalue weighted by Crippen LogP contribution is 2.27. The normalized spacial score (nSPS) is 12.8. The zero-order valence-corrected chi connectivity index (χ0v) is 12.9. The van der Waals surface area contributed by atoms with Gasteiger partial charge in [0.05, 0.1) is 12.8 Å². The summed E-state index contributed by atoms with van der Waals surface area (Å²) in [5, 5.41) is 3.40. The highest BCUT2D eigenvalue weighted by Gasteiger charge is 2.10. The first-order chi connectivity index (χ1) is 9.61. The number of rotatable bonds is 6. The summed E-state index contributed by atoms with van der Waals surface area (Å²) in [6, 6.07) is 11.4. The van der Waals surface area contributed by atoms with E-state index < -0.39 is 0 Å². The van der Waals surface area contributed by atoms with Crippen molar-refractivity contribution in [2.45, 2.75) is 52.6 Å². The Morgan fingerprint density at radius 2 is 1.75 bits per heavy atom. The summed E-state index contributed by atoms with van der Waals surface area (Å²) in [7, 11) is 0. The standard InChI is InChI=1S/C18H25NO/c1-5-14(4)15-6-8-16(9-7-15)17-10-11-20-18(17)12-19-13(2)3/h6-11,13-14,19H,5,12H2,1-4H3. The van der Waals surface area contributed by atoms with Crippen LogP contribution in [-0.2, 0) is 6.54 Å². The molecular formula is C18H25NO. The van der Waals surface area contributed by atoms with E-state index in [0.717, 1.165) is 12.3 Å². The van der Waals surface area contributed by atoms with Gasteiger partial charge in [-0.3, -0.25) is 0 Å². The fourth-order valence-corrected chi connectivity index (χ4v) is 2.26. The average molecular weight is 271 g/mol. The van der Waals surface area contributed by atoms with Gasteiger partial charge in [0.25, 0.3) is 0 Å². The van der Waals surface area contributed by atoms with Gasteiger partial charge in [-0.1, -0.05) is 52.0 Å². The molecular weight excluding hydrogens is 246 g/mol. The number of hydrogen-bond donors (Lipinski definition) is 1. The van der Waals surface area contributed by atoms with Crippen LogP contribution in [0.4, 0.5) is 0 Å². The van der Waals surface area contributed by atoms with E-state index in [1.807, 2.05) is 0 Å². The molecule has 1 aromatic heterocycles. The highest BCUT2D eigenvalue weighted by molar-refractivity contribution is 5.65. The van der Waals surface area contributed by atoms with Crippen molar-refractivity contribution in [2.75, 3.05) is 0 Å². The lowest BCUT2D eigenvalue weighted by molar-refractivity contribution is 0.466. The molecule has 0 saturated carbocycles. The largest absolute Gasteiger partial charge is 0.467 e. The van der Waals surface area contributed by atoms with E-state index in [4.69, 9.17) is 4.42 Å². The summed E-state index contributed by atoms with van der Waals surface area (Å²) < 4.78 is 5.61. The molecule has 108 valence electrons. The Hall–Kier alpha value is -1.54. The van der Waals surface area contributed by atoms with Crippen LogP contribution in [0.3, 0.4) is 0 Å². The first-order valence-corrected chi connectivity index (χ1v) is 7.52. The first kappa shape index (κ1) is 14.9. The molecule has 0 aliphatic carbocycles. The molecule has 0 radical (unpaired) electrons. The van der Waals surface area contributed by atoms with Crippen molar-refractivity contribution in [3.05, 3.63) is 47.9 Å². The maximum Gasteiger partial charge on any atom is 0.125 e. The van der Waals surface area contributed by atoms with Gasteiger partial charge < -0.3 is 9.73 Å². The molecule has 20 heavy (non-hydrogen) atoms. The SMILES string of the molecule is CCC(C)c1ccc(-c2ccoc2CNC(C)C)cc1. The minimum absolute atomic E-state index is 0.459. The Morgan fingerprint density at radius 3 is 2.35 bits per heavy atom. The smallest absolute Gasteiger partial charge is 0.125 e. The van der Waals surface area contributed by atoms with E-state index in [1.165, 1.54) is 23.1 Å². The molecule has 1 heterocycles. The Morgan fingerprint density at radius 1 is 1.05 bits per heavy atom. The number of nitrogens with one attached hydrogen (secondary N) is 1. The van der Waals surface area contributed by atoms with Gasteiger partial charge in [-0.05, 0) is 29.5 Å². The highest BCUT2D eigenvalue weighted by atomic mass is 16.3. The van der Waals surface area contributed by atoms with Crippen LogP contribution in [0.5, 0.6) is 0 Å². The lowest BCUT2D eigenvalue weighted by Gasteiger charge is -2.11. The topological polar surface area (TPSA) is 25.2 Å². The lowest BCUT2D eigenvalue weighted by Crippen LogP contribution is -2.21. The average Bonchev–Trinajstić information content (AvgIpc) is 2.93. The van der Waals surface area contributed by atoms with Crippen molar-refractivity contribution in [2.24, 2.45) is 0 Å². The van der Waals surface area contributed by atoms with Crippen LogP contribution in [-0.4, -0.2) is 6.04 Å². The second kappa shape index (κ2) is 6.76. The van der Waals surface area contributed by atoms with Crippen LogP contribution < -0.4 is 5.32 Å². The lowest BCUT2D eigenvalue weighted by atomic mass is 9.96. The third kappa shape index (κ3) is 3.51. The second-order valence-electron chi connectivity index (χ2n) is 5.72. The van der Waals surface area contributed by atoms with Gasteiger partial charge in [-0.25, -0.2) is 0 Å². The van der Waals surface area contributed by atoms with Crippen molar-refractivity contribution < 1.29 is 4.42 Å². The zero-order valence-electron chi connectivity index (χ0n) is 12.9. The molecule has 2 aromatic rings. The molecule has 0 aliphatic heterocycles. The van der Waals surface area contributed by atoms with Crippen LogP contribution in [0, 0.1) is 0 Å². The molecule has 1 unspecified atom stereocenters. The van der Waals surface area contributed by atoms with Gasteiger partial charge in [0.2, 0.25) is 0 Å². The second-order valence-corrected chi connectivity index (χ2v) is 5.72. The molecule has 1 aromatic carbocycles. The van der Waals surface area contributed by atoms with E-state index in [-0.39, 0.29) is 0 Å². The van der Waals surface area contributed by atoms with Gasteiger partial charge in [0.15, 0.2) is 0 Å². The third-order valence-electron chi connectivity index (χ3n) is 3.82. The Balaban J connectivity index is 2.17. The fourth-order valence-electron chi connectivity index (χ4n) is 2.26. The molecule has 0 bridgehead atoms. The van der Waals surface area contributed by atoms with Gasteiger partial charge in [0, 0.05) is 11.6 Å². The van der Waals surface area contributed by atoms with Crippen LogP contribution in [0.2, 0.25) is 0 Å². The van der Waals surface area contributed by atoms with Crippen molar-refractivity contribution in [3.8, 4) is 11.1 Å². The van der Waals surface area contributed by atoms with Gasteiger partial charge in [0.1, 0.15) is 5.76 Å². The van der Waals surface area contributed by atoms with Crippen LogP contribution in [0.1, 0.15) is 51.4 Å². The summed E-state index contributed by atoms with van der Waals surface area (Å²) in [6.45, 7) is 9.55. The van der Waals surface area contributed by atoms with Gasteiger partial charge in [-0.15, -0.1) is 0 Å². The monoisotopic (exact) mass is 271 g/mol. The maximum absolute atomic E-state index is 5.61. The predicted molar refractivity (Wildman–Crippen MR) is 84.8 cm³/mol. The summed E-state index contributed by atoms with van der Waals surface area (Å²) in [5.41, 5.74) is 3.82. The molecule has 1 N–H and O–H groups in total. The maximum atomic E-state index is 5.61. The number of furan rings is 1. The Bertz CT molecular complexity index is 525. The number of benzene rings is 1. The van der Waals surface area contributed by atoms with E-state index in [2.05, 4.69) is 63.3 Å². The first-order valence-electron chi connectivity index (χ1n) is 7.52. The van der Waals surface area contributed by atoms with E-state index in [0.29, 0.717) is 12.0 Å². The molecule has 2 heteroatoms. The molecule has 2 rings (SSSR count). The third-order valence-corrected chi connectivity index (χ3v) is 3.82. The van der Waals surface area contributed by atoms with Crippen molar-refractivity contribution in [1.29, 1.82) is 0 Å². The summed E-state index contributed by atoms with van der Waals surface area (Å²) in [5.74, 6) is 1.63. The molecule has 0 amide bonds. The molecule has 0 spiro atoms. The van der Waals surface area contributed by atoms with Crippen LogP contribution in [0.15, 0.2) is 41.0 Å². The van der Waals surface area contributed by atoms with Crippen LogP contribution in [0.25, 0.3) is 11.1 Å². The van der Waals surface area contributed by atoms with Crippen LogP contribution >= 0.6 is 0 Å². The van der Waals surface area contributed by atoms with E-state index in [1.54, 1.807) is 6.26 Å². The summed E-state index contributed by atoms with van der Waals surface area (Å²) in [4.78, 5) is 0. The minimum atomic E-state index is 0.459. The Labute approximate surface area is 122 Å². The zero-order chi connectivity index (χ0) is 14.5. The van der Waals surface area contributed by atoms with Gasteiger partial charge >= 0.3 is 0 Å². The molecule has 0 saturated heterocycles. The minimum Gasteiger partial charge on any atom is -0.467 e. The van der Waals surface area contributed by atoms with Crippen molar-refractivity contribution >= 4 is 0 Å². The molecule has 0 aliphatic rings. The van der Waals surface area contributed by atoms with E-state index in [9.17, 15) is 0 Å². The summed E-state index contributed by atoms with van der Waals surface area (Å²) in [6.07, 6.45) is 2.95. The van der Waals surface area contributed by atoms with Crippen molar-refractivity contribution in [1.82, 2.24) is 5.32 Å². The van der Waals surface area contributed by atoms with E-state index >= 15 is 0 Å². The number of hydrogen-bond acceptors (Lipinski definition) is 2. The van der Waals surface area contributed by atoms with Gasteiger partial charge in [-0.2, -0.15) is 0 Å². The fraction of sp³-hybridized carbons (Fsp3) is 0.444. The molecule has 0 fully saturated rings. The Kier molecular flexibility index (Phi) is 5.02. The molecule has 1 atom stereocenters. The predicted octanol–water partition coefficient (Wildman–Crippen LogP) is 4.96. The quantitative estimate of drug-likeness (QED) is 0.803.